The van der Waals surface area contributed by atoms with Crippen molar-refractivity contribution in [2.45, 2.75) is 32.7 Å². The van der Waals surface area contributed by atoms with Crippen LogP contribution in [0.15, 0.2) is 18.2 Å². The second-order valence-electron chi connectivity index (χ2n) is 6.42. The van der Waals surface area contributed by atoms with E-state index in [2.05, 4.69) is 5.32 Å². The molecule has 2 fully saturated rings. The van der Waals surface area contributed by atoms with Crippen LogP contribution >= 0.6 is 12.4 Å². The Hall–Kier alpha value is -1.20. The summed E-state index contributed by atoms with van der Waals surface area (Å²) in [5.74, 6) is -1.09. The van der Waals surface area contributed by atoms with Crippen molar-refractivity contribution in [2.75, 3.05) is 19.6 Å². The molecule has 0 aromatic heterocycles. The van der Waals surface area contributed by atoms with E-state index in [1.165, 1.54) is 18.2 Å². The van der Waals surface area contributed by atoms with Crippen molar-refractivity contribution in [1.29, 1.82) is 0 Å². The number of carbonyl (C=O) groups excluding carboxylic acids is 1. The van der Waals surface area contributed by atoms with Crippen LogP contribution in [0.2, 0.25) is 0 Å². The van der Waals surface area contributed by atoms with Crippen molar-refractivity contribution < 1.29 is 13.6 Å². The van der Waals surface area contributed by atoms with Gasteiger partial charge >= 0.3 is 0 Å². The van der Waals surface area contributed by atoms with Crippen molar-refractivity contribution in [1.82, 2.24) is 10.2 Å². The number of hydrogen-bond acceptors (Lipinski definition) is 2. The first kappa shape index (κ1) is 18.1. The van der Waals surface area contributed by atoms with Crippen molar-refractivity contribution in [3.63, 3.8) is 0 Å². The fourth-order valence-electron chi connectivity index (χ4n) is 3.61. The quantitative estimate of drug-likeness (QED) is 0.910. The van der Waals surface area contributed by atoms with Gasteiger partial charge in [-0.25, -0.2) is 8.78 Å². The van der Waals surface area contributed by atoms with E-state index in [9.17, 15) is 13.6 Å². The zero-order valence-corrected chi connectivity index (χ0v) is 14.1. The molecule has 1 aromatic rings. The van der Waals surface area contributed by atoms with Crippen LogP contribution in [0.1, 0.15) is 31.7 Å². The first-order valence-corrected chi connectivity index (χ1v) is 8.00. The largest absolute Gasteiger partial charge is 0.338 e. The molecule has 23 heavy (non-hydrogen) atoms. The van der Waals surface area contributed by atoms with Crippen molar-refractivity contribution in [3.05, 3.63) is 35.4 Å². The summed E-state index contributed by atoms with van der Waals surface area (Å²) in [4.78, 5) is 14.3. The Balaban J connectivity index is 0.00000192. The minimum absolute atomic E-state index is 0. The van der Waals surface area contributed by atoms with Gasteiger partial charge in [0.2, 0.25) is 5.91 Å². The van der Waals surface area contributed by atoms with Crippen LogP contribution in [0.3, 0.4) is 0 Å². The molecule has 3 nitrogen and oxygen atoms in total. The fraction of sp³-hybridized carbons (Fsp3) is 0.588. The minimum Gasteiger partial charge on any atom is -0.338 e. The summed E-state index contributed by atoms with van der Waals surface area (Å²) < 4.78 is 27.6. The highest BCUT2D eigenvalue weighted by atomic mass is 35.5. The van der Waals surface area contributed by atoms with Crippen LogP contribution in [0.4, 0.5) is 8.78 Å². The third kappa shape index (κ3) is 3.50. The Morgan fingerprint density at radius 1 is 1.30 bits per heavy atom. The molecule has 1 atom stereocenters. The second-order valence-corrected chi connectivity index (χ2v) is 6.42. The van der Waals surface area contributed by atoms with E-state index in [1.54, 1.807) is 4.90 Å². The van der Waals surface area contributed by atoms with Crippen LogP contribution in [-0.2, 0) is 11.3 Å². The van der Waals surface area contributed by atoms with E-state index in [-0.39, 0.29) is 41.8 Å². The maximum absolute atomic E-state index is 13.8. The smallest absolute Gasteiger partial charge is 0.226 e. The lowest BCUT2D eigenvalue weighted by Crippen LogP contribution is -2.36. The minimum atomic E-state index is -0.585. The maximum Gasteiger partial charge on any atom is 0.226 e. The lowest BCUT2D eigenvalue weighted by atomic mass is 9.91. The normalized spacial score (nSPS) is 21.6. The Kier molecular flexibility index (Phi) is 5.63. The van der Waals surface area contributed by atoms with Crippen LogP contribution in [0.5, 0.6) is 0 Å². The predicted octanol–water partition coefficient (Wildman–Crippen LogP) is 3.12. The van der Waals surface area contributed by atoms with Gasteiger partial charge < -0.3 is 10.2 Å². The fourth-order valence-corrected chi connectivity index (χ4v) is 3.61. The van der Waals surface area contributed by atoms with Crippen LogP contribution in [0.25, 0.3) is 0 Å². The number of carbonyl (C=O) groups is 1. The van der Waals surface area contributed by atoms with Crippen molar-refractivity contribution in [2.24, 2.45) is 11.3 Å². The Labute approximate surface area is 141 Å². The number of nitrogens with one attached hydrogen (secondary N) is 1. The van der Waals surface area contributed by atoms with E-state index >= 15 is 0 Å². The van der Waals surface area contributed by atoms with Gasteiger partial charge in [0.15, 0.2) is 0 Å². The lowest BCUT2D eigenvalue weighted by molar-refractivity contribution is -0.134. The van der Waals surface area contributed by atoms with Crippen molar-refractivity contribution in [3.8, 4) is 0 Å². The summed E-state index contributed by atoms with van der Waals surface area (Å²) in [6.45, 7) is 4.25. The lowest BCUT2D eigenvalue weighted by Gasteiger charge is -2.26. The molecule has 1 saturated carbocycles. The molecule has 1 aromatic carbocycles. The molecule has 6 heteroatoms. The molecule has 1 unspecified atom stereocenters. The average Bonchev–Trinajstić information content (AvgIpc) is 3.20. The third-order valence-corrected chi connectivity index (χ3v) is 5.19. The van der Waals surface area contributed by atoms with Crippen molar-refractivity contribution >= 4 is 18.3 Å². The van der Waals surface area contributed by atoms with Gasteiger partial charge in [-0.05, 0) is 56.8 Å². The maximum atomic E-state index is 13.8. The Bertz CT molecular complexity index is 555. The van der Waals surface area contributed by atoms with E-state index in [1.807, 2.05) is 6.92 Å². The summed E-state index contributed by atoms with van der Waals surface area (Å²) in [5.41, 5.74) is 0.126. The summed E-state index contributed by atoms with van der Waals surface area (Å²) >= 11 is 0. The van der Waals surface area contributed by atoms with E-state index < -0.39 is 11.6 Å². The Morgan fingerprint density at radius 2 is 1.91 bits per heavy atom. The zero-order valence-electron chi connectivity index (χ0n) is 13.3. The molecule has 3 rings (SSSR count). The molecule has 0 bridgehead atoms. The van der Waals surface area contributed by atoms with Gasteiger partial charge in [-0.1, -0.05) is 6.07 Å². The molecule has 1 heterocycles. The molecule has 1 spiro atoms. The number of benzene rings is 1. The number of nitrogens with zero attached hydrogens (tertiary/aromatic N) is 1. The van der Waals surface area contributed by atoms with E-state index in [4.69, 9.17) is 0 Å². The molecule has 1 aliphatic carbocycles. The first-order chi connectivity index (χ1) is 10.6. The highest BCUT2D eigenvalue weighted by molar-refractivity contribution is 5.85. The molecule has 0 radical (unpaired) electrons. The number of hydrogen-bond donors (Lipinski definition) is 1. The van der Waals surface area contributed by atoms with Gasteiger partial charge in [-0.2, -0.15) is 0 Å². The molecular weight excluding hydrogens is 322 g/mol. The molecule has 1 saturated heterocycles. The molecule has 1 N–H and O–H groups in total. The number of amides is 1. The standard InChI is InChI=1S/C17H22F2N2O.ClH/c1-2-21(11-12-14(18)4-3-5-15(12)19)16(22)13-10-17(13)6-8-20-9-7-17;/h3-5,13,20H,2,6-11H2,1H3;1H. The molecule has 1 aliphatic heterocycles. The summed E-state index contributed by atoms with van der Waals surface area (Å²) in [6, 6.07) is 3.82. The van der Waals surface area contributed by atoms with Crippen LogP contribution in [0, 0.1) is 23.0 Å². The van der Waals surface area contributed by atoms with Gasteiger partial charge in [-0.15, -0.1) is 12.4 Å². The topological polar surface area (TPSA) is 32.3 Å². The average molecular weight is 345 g/mol. The van der Waals surface area contributed by atoms with Gasteiger partial charge in [0.1, 0.15) is 11.6 Å². The molecule has 2 aliphatic rings. The number of piperidine rings is 1. The van der Waals surface area contributed by atoms with E-state index in [0.717, 1.165) is 32.4 Å². The second kappa shape index (κ2) is 7.14. The first-order valence-electron chi connectivity index (χ1n) is 8.00. The van der Waals surface area contributed by atoms with Crippen LogP contribution in [-0.4, -0.2) is 30.4 Å². The highest BCUT2D eigenvalue weighted by Crippen LogP contribution is 2.59. The third-order valence-electron chi connectivity index (χ3n) is 5.19. The van der Waals surface area contributed by atoms with E-state index in [0.29, 0.717) is 6.54 Å². The highest BCUT2D eigenvalue weighted by Gasteiger charge is 2.58. The summed E-state index contributed by atoms with van der Waals surface area (Å²) in [6.07, 6.45) is 2.97. The SMILES string of the molecule is CCN(Cc1c(F)cccc1F)C(=O)C1CC12CCNCC2.Cl. The number of halogens is 3. The van der Waals surface area contributed by atoms with Gasteiger partial charge in [-0.3, -0.25) is 4.79 Å². The summed E-state index contributed by atoms with van der Waals surface area (Å²) in [5, 5.41) is 3.31. The van der Waals surface area contributed by atoms with Gasteiger partial charge in [0.25, 0.3) is 0 Å². The predicted molar refractivity (Wildman–Crippen MR) is 87.3 cm³/mol. The summed E-state index contributed by atoms with van der Waals surface area (Å²) in [7, 11) is 0. The Morgan fingerprint density at radius 3 is 2.48 bits per heavy atom. The monoisotopic (exact) mass is 344 g/mol. The van der Waals surface area contributed by atoms with Crippen LogP contribution < -0.4 is 5.32 Å². The van der Waals surface area contributed by atoms with Gasteiger partial charge in [0, 0.05) is 18.0 Å². The molecular formula is C17H23ClF2N2O. The molecule has 1 amide bonds. The number of rotatable bonds is 4. The van der Waals surface area contributed by atoms with Gasteiger partial charge in [0.05, 0.1) is 6.54 Å². The molecule has 128 valence electrons. The zero-order chi connectivity index (χ0) is 15.7.